The van der Waals surface area contributed by atoms with Gasteiger partial charge in [0.05, 0.1) is 6.21 Å². The highest BCUT2D eigenvalue weighted by Gasteiger charge is 2.08. The van der Waals surface area contributed by atoms with E-state index in [0.29, 0.717) is 11.3 Å². The number of halogens is 2. The van der Waals surface area contributed by atoms with Crippen molar-refractivity contribution in [2.24, 2.45) is 5.10 Å². The van der Waals surface area contributed by atoms with Crippen LogP contribution in [-0.2, 0) is 4.79 Å². The van der Waals surface area contributed by atoms with Gasteiger partial charge >= 0.3 is 0 Å². The van der Waals surface area contributed by atoms with E-state index >= 15 is 0 Å². The van der Waals surface area contributed by atoms with E-state index in [1.54, 1.807) is 18.2 Å². The minimum absolute atomic E-state index is 0.156. The van der Waals surface area contributed by atoms with Crippen LogP contribution in [0.5, 0.6) is 5.75 Å². The predicted octanol–water partition coefficient (Wildman–Crippen LogP) is 3.58. The monoisotopic (exact) mass is 426 g/mol. The van der Waals surface area contributed by atoms with Crippen LogP contribution >= 0.6 is 22.6 Å². The zero-order chi connectivity index (χ0) is 16.8. The zero-order valence-electron chi connectivity index (χ0n) is 12.8. The molecule has 2 rings (SSSR count). The summed E-state index contributed by atoms with van der Waals surface area (Å²) in [6.07, 6.45) is 1.26. The van der Waals surface area contributed by atoms with Crippen molar-refractivity contribution >= 4 is 34.7 Å². The molecule has 4 nitrogen and oxygen atoms in total. The lowest BCUT2D eigenvalue weighted by Crippen LogP contribution is -2.25. The van der Waals surface area contributed by atoms with Gasteiger partial charge in [0.2, 0.25) is 0 Å². The minimum atomic E-state index is -0.407. The number of hydrogen-bond donors (Lipinski definition) is 1. The van der Waals surface area contributed by atoms with Gasteiger partial charge in [-0.2, -0.15) is 5.10 Å². The van der Waals surface area contributed by atoms with Crippen LogP contribution < -0.4 is 10.2 Å². The van der Waals surface area contributed by atoms with Gasteiger partial charge in [-0.1, -0.05) is 18.2 Å². The molecule has 0 aliphatic carbocycles. The van der Waals surface area contributed by atoms with Gasteiger partial charge in [0.1, 0.15) is 11.6 Å². The second-order valence-electron chi connectivity index (χ2n) is 4.97. The summed E-state index contributed by atoms with van der Waals surface area (Å²) in [6, 6.07) is 10.1. The van der Waals surface area contributed by atoms with E-state index in [4.69, 9.17) is 4.74 Å². The Morgan fingerprint density at radius 3 is 2.61 bits per heavy atom. The van der Waals surface area contributed by atoms with Gasteiger partial charge in [-0.25, -0.2) is 9.82 Å². The molecule has 2 aromatic rings. The van der Waals surface area contributed by atoms with Gasteiger partial charge in [0.15, 0.2) is 6.61 Å². The maximum Gasteiger partial charge on any atom is 0.277 e. The lowest BCUT2D eigenvalue weighted by Gasteiger charge is -2.11. The number of carbonyl (C=O) groups is 1. The average Bonchev–Trinajstić information content (AvgIpc) is 2.48. The molecule has 1 N–H and O–H groups in total. The Kier molecular flexibility index (Phi) is 6.09. The molecule has 0 bridgehead atoms. The molecule has 0 heterocycles. The highest BCUT2D eigenvalue weighted by molar-refractivity contribution is 14.1. The van der Waals surface area contributed by atoms with Crippen LogP contribution in [-0.4, -0.2) is 18.7 Å². The van der Waals surface area contributed by atoms with E-state index in [1.807, 2.05) is 26.0 Å². The molecule has 1 amide bonds. The SMILES string of the molecule is Cc1cc(I)cc(C)c1OCC(=O)NN=Cc1ccccc1F. The highest BCUT2D eigenvalue weighted by atomic mass is 127. The topological polar surface area (TPSA) is 50.7 Å². The van der Waals surface area contributed by atoms with Gasteiger partial charge < -0.3 is 4.74 Å². The molecule has 120 valence electrons. The summed E-state index contributed by atoms with van der Waals surface area (Å²) in [4.78, 5) is 11.7. The second kappa shape index (κ2) is 8.05. The van der Waals surface area contributed by atoms with Gasteiger partial charge in [-0.3, -0.25) is 4.79 Å². The Morgan fingerprint density at radius 2 is 1.96 bits per heavy atom. The number of benzene rings is 2. The van der Waals surface area contributed by atoms with Crippen molar-refractivity contribution in [2.75, 3.05) is 6.61 Å². The molecule has 0 saturated carbocycles. The van der Waals surface area contributed by atoms with E-state index in [9.17, 15) is 9.18 Å². The number of nitrogens with zero attached hydrogens (tertiary/aromatic N) is 1. The summed E-state index contributed by atoms with van der Waals surface area (Å²) in [7, 11) is 0. The molecular formula is C17H16FIN2O2. The molecule has 0 aromatic heterocycles. The van der Waals surface area contributed by atoms with Crippen molar-refractivity contribution in [1.29, 1.82) is 0 Å². The largest absolute Gasteiger partial charge is 0.483 e. The molecule has 6 heteroatoms. The summed E-state index contributed by atoms with van der Waals surface area (Å²) >= 11 is 2.23. The first kappa shape index (κ1) is 17.4. The first-order valence-electron chi connectivity index (χ1n) is 6.93. The number of rotatable bonds is 5. The van der Waals surface area contributed by atoms with Crippen LogP contribution in [0.1, 0.15) is 16.7 Å². The number of carbonyl (C=O) groups excluding carboxylic acids is 1. The summed E-state index contributed by atoms with van der Waals surface area (Å²) < 4.78 is 20.0. The van der Waals surface area contributed by atoms with Crippen LogP contribution in [0.15, 0.2) is 41.5 Å². The predicted molar refractivity (Wildman–Crippen MR) is 96.3 cm³/mol. The third-order valence-electron chi connectivity index (χ3n) is 3.07. The average molecular weight is 426 g/mol. The third-order valence-corrected chi connectivity index (χ3v) is 3.69. The fourth-order valence-corrected chi connectivity index (χ4v) is 2.98. The Balaban J connectivity index is 1.90. The molecular weight excluding hydrogens is 410 g/mol. The summed E-state index contributed by atoms with van der Waals surface area (Å²) in [5, 5.41) is 3.73. The van der Waals surface area contributed by atoms with E-state index in [0.717, 1.165) is 14.7 Å². The maximum atomic E-state index is 13.4. The van der Waals surface area contributed by atoms with E-state index in [2.05, 4.69) is 33.1 Å². The summed E-state index contributed by atoms with van der Waals surface area (Å²) in [5.41, 5.74) is 4.56. The van der Waals surface area contributed by atoms with E-state index in [-0.39, 0.29) is 6.61 Å². The molecule has 0 aliphatic heterocycles. The van der Waals surface area contributed by atoms with Gasteiger partial charge in [-0.15, -0.1) is 0 Å². The smallest absolute Gasteiger partial charge is 0.277 e. The van der Waals surface area contributed by atoms with Gasteiger partial charge in [-0.05, 0) is 65.8 Å². The number of nitrogens with one attached hydrogen (secondary N) is 1. The van der Waals surface area contributed by atoms with E-state index in [1.165, 1.54) is 12.3 Å². The van der Waals surface area contributed by atoms with Crippen LogP contribution in [0, 0.1) is 23.2 Å². The summed E-state index contributed by atoms with van der Waals surface area (Å²) in [5.74, 6) is -0.111. The quantitative estimate of drug-likeness (QED) is 0.452. The van der Waals surface area contributed by atoms with Crippen molar-refractivity contribution < 1.29 is 13.9 Å². The van der Waals surface area contributed by atoms with Gasteiger partial charge in [0.25, 0.3) is 5.91 Å². The first-order chi connectivity index (χ1) is 11.0. The number of ether oxygens (including phenoxy) is 1. The molecule has 2 aromatic carbocycles. The van der Waals surface area contributed by atoms with Crippen molar-refractivity contribution in [2.45, 2.75) is 13.8 Å². The third kappa shape index (κ3) is 5.02. The molecule has 0 spiro atoms. The fraction of sp³-hybridized carbons (Fsp3) is 0.176. The molecule has 0 saturated heterocycles. The molecule has 0 atom stereocenters. The molecule has 23 heavy (non-hydrogen) atoms. The number of hydrogen-bond acceptors (Lipinski definition) is 3. The van der Waals surface area contributed by atoms with Crippen LogP contribution in [0.2, 0.25) is 0 Å². The van der Waals surface area contributed by atoms with Crippen molar-refractivity contribution in [3.05, 3.63) is 62.5 Å². The standard InChI is InChI=1S/C17H16FIN2O2/c1-11-7-14(19)8-12(2)17(11)23-10-16(22)21-20-9-13-5-3-4-6-15(13)18/h3-9H,10H2,1-2H3,(H,21,22). The van der Waals surface area contributed by atoms with E-state index < -0.39 is 11.7 Å². The van der Waals surface area contributed by atoms with Crippen LogP contribution in [0.3, 0.4) is 0 Å². The first-order valence-corrected chi connectivity index (χ1v) is 8.01. The Labute approximate surface area is 147 Å². The van der Waals surface area contributed by atoms with Crippen LogP contribution in [0.4, 0.5) is 4.39 Å². The lowest BCUT2D eigenvalue weighted by atomic mass is 10.1. The van der Waals surface area contributed by atoms with Crippen molar-refractivity contribution in [3.8, 4) is 5.75 Å². The molecule has 0 radical (unpaired) electrons. The molecule has 0 fully saturated rings. The Hall–Kier alpha value is -1.96. The molecule has 0 unspecified atom stereocenters. The maximum absolute atomic E-state index is 13.4. The Morgan fingerprint density at radius 1 is 1.30 bits per heavy atom. The fourth-order valence-electron chi connectivity index (χ4n) is 2.05. The van der Waals surface area contributed by atoms with Crippen molar-refractivity contribution in [3.63, 3.8) is 0 Å². The lowest BCUT2D eigenvalue weighted by molar-refractivity contribution is -0.123. The minimum Gasteiger partial charge on any atom is -0.483 e. The Bertz CT molecular complexity index is 724. The molecule has 0 aliphatic rings. The zero-order valence-corrected chi connectivity index (χ0v) is 14.9. The normalized spacial score (nSPS) is 10.8. The highest BCUT2D eigenvalue weighted by Crippen LogP contribution is 2.25. The van der Waals surface area contributed by atoms with Crippen LogP contribution in [0.25, 0.3) is 0 Å². The van der Waals surface area contributed by atoms with Gasteiger partial charge in [0, 0.05) is 9.13 Å². The van der Waals surface area contributed by atoms with Crippen molar-refractivity contribution in [1.82, 2.24) is 5.43 Å². The number of aryl methyl sites for hydroxylation is 2. The number of hydrazone groups is 1. The number of amides is 1. The summed E-state index contributed by atoms with van der Waals surface area (Å²) in [6.45, 7) is 3.70. The second-order valence-corrected chi connectivity index (χ2v) is 6.22.